The smallest absolute Gasteiger partial charge is 0.0598 e. The van der Waals surface area contributed by atoms with E-state index in [1.807, 2.05) is 18.3 Å². The van der Waals surface area contributed by atoms with E-state index < -0.39 is 0 Å². The molecule has 0 amide bonds. The Bertz CT molecular complexity index is 375. The summed E-state index contributed by atoms with van der Waals surface area (Å²) in [6.07, 6.45) is 9.65. The number of hydrogen-bond donors (Lipinski definition) is 0. The summed E-state index contributed by atoms with van der Waals surface area (Å²) in [6.45, 7) is 3.13. The molecule has 1 aromatic rings. The SMILES string of the molecule is CCCCCCCCN=Cc1ccc(Cl)c(Cl)c1. The molecule has 0 spiro atoms. The summed E-state index contributed by atoms with van der Waals surface area (Å²) in [5.74, 6) is 0. The van der Waals surface area contributed by atoms with Gasteiger partial charge in [-0.3, -0.25) is 4.99 Å². The normalized spacial score (nSPS) is 11.3. The summed E-state index contributed by atoms with van der Waals surface area (Å²) in [4.78, 5) is 4.40. The van der Waals surface area contributed by atoms with Gasteiger partial charge in [-0.25, -0.2) is 0 Å². The van der Waals surface area contributed by atoms with Crippen LogP contribution in [0.15, 0.2) is 23.2 Å². The van der Waals surface area contributed by atoms with Gasteiger partial charge in [0.05, 0.1) is 10.0 Å². The highest BCUT2D eigenvalue weighted by Crippen LogP contribution is 2.21. The fraction of sp³-hybridized carbons (Fsp3) is 0.533. The van der Waals surface area contributed by atoms with Crippen LogP contribution in [0, 0.1) is 0 Å². The maximum atomic E-state index is 5.93. The van der Waals surface area contributed by atoms with Crippen LogP contribution in [-0.4, -0.2) is 12.8 Å². The van der Waals surface area contributed by atoms with E-state index in [0.717, 1.165) is 12.1 Å². The quantitative estimate of drug-likeness (QED) is 0.424. The highest BCUT2D eigenvalue weighted by molar-refractivity contribution is 6.42. The number of unbranched alkanes of at least 4 members (excludes halogenated alkanes) is 5. The molecular formula is C15H21Cl2N. The van der Waals surface area contributed by atoms with Gasteiger partial charge >= 0.3 is 0 Å². The van der Waals surface area contributed by atoms with Gasteiger partial charge in [-0.1, -0.05) is 68.3 Å². The molecule has 0 N–H and O–H groups in total. The second kappa shape index (κ2) is 9.41. The molecule has 0 fully saturated rings. The van der Waals surface area contributed by atoms with Gasteiger partial charge in [-0.2, -0.15) is 0 Å². The summed E-state index contributed by atoms with van der Waals surface area (Å²) in [7, 11) is 0. The average molecular weight is 286 g/mol. The van der Waals surface area contributed by atoms with Crippen molar-refractivity contribution in [2.24, 2.45) is 4.99 Å². The monoisotopic (exact) mass is 285 g/mol. The predicted molar refractivity (Wildman–Crippen MR) is 82.3 cm³/mol. The van der Waals surface area contributed by atoms with Crippen molar-refractivity contribution in [3.8, 4) is 0 Å². The van der Waals surface area contributed by atoms with Gasteiger partial charge in [0.15, 0.2) is 0 Å². The minimum Gasteiger partial charge on any atom is -0.293 e. The van der Waals surface area contributed by atoms with Crippen LogP contribution in [0.2, 0.25) is 10.0 Å². The maximum absolute atomic E-state index is 5.93. The first-order valence-electron chi connectivity index (χ1n) is 6.69. The zero-order valence-corrected chi connectivity index (χ0v) is 12.5. The molecule has 100 valence electrons. The molecule has 0 atom stereocenters. The van der Waals surface area contributed by atoms with Crippen molar-refractivity contribution in [2.45, 2.75) is 45.4 Å². The Morgan fingerprint density at radius 3 is 2.44 bits per heavy atom. The highest BCUT2D eigenvalue weighted by Gasteiger charge is 1.96. The van der Waals surface area contributed by atoms with Gasteiger partial charge in [-0.05, 0) is 24.1 Å². The third-order valence-corrected chi connectivity index (χ3v) is 3.56. The molecule has 1 rings (SSSR count). The van der Waals surface area contributed by atoms with Crippen LogP contribution in [0.3, 0.4) is 0 Å². The Kier molecular flexibility index (Phi) is 8.11. The summed E-state index contributed by atoms with van der Waals surface area (Å²) < 4.78 is 0. The molecule has 0 unspecified atom stereocenters. The van der Waals surface area contributed by atoms with Gasteiger partial charge in [0.25, 0.3) is 0 Å². The average Bonchev–Trinajstić information content (AvgIpc) is 2.37. The van der Waals surface area contributed by atoms with E-state index in [2.05, 4.69) is 11.9 Å². The lowest BCUT2D eigenvalue weighted by Crippen LogP contribution is -1.86. The van der Waals surface area contributed by atoms with E-state index >= 15 is 0 Å². The number of rotatable bonds is 8. The Morgan fingerprint density at radius 2 is 1.72 bits per heavy atom. The summed E-state index contributed by atoms with van der Waals surface area (Å²) >= 11 is 11.8. The topological polar surface area (TPSA) is 12.4 Å². The standard InChI is InChI=1S/C15H21Cl2N/c1-2-3-4-5-6-7-10-18-12-13-8-9-14(16)15(17)11-13/h8-9,11-12H,2-7,10H2,1H3. The van der Waals surface area contributed by atoms with Gasteiger partial charge in [0.2, 0.25) is 0 Å². The third-order valence-electron chi connectivity index (χ3n) is 2.82. The first-order chi connectivity index (χ1) is 8.74. The van der Waals surface area contributed by atoms with E-state index in [0.29, 0.717) is 10.0 Å². The Morgan fingerprint density at radius 1 is 1.00 bits per heavy atom. The molecule has 3 heteroatoms. The molecule has 0 heterocycles. The number of halogens is 2. The second-order valence-electron chi connectivity index (χ2n) is 4.48. The van der Waals surface area contributed by atoms with E-state index in [-0.39, 0.29) is 0 Å². The lowest BCUT2D eigenvalue weighted by molar-refractivity contribution is 0.612. The van der Waals surface area contributed by atoms with Crippen molar-refractivity contribution < 1.29 is 0 Å². The Labute approximate surface area is 120 Å². The Hall–Kier alpha value is -0.530. The molecule has 0 aliphatic carbocycles. The summed E-state index contributed by atoms with van der Waals surface area (Å²) in [5.41, 5.74) is 1.01. The van der Waals surface area contributed by atoms with Gasteiger partial charge < -0.3 is 0 Å². The largest absolute Gasteiger partial charge is 0.293 e. The zero-order valence-electron chi connectivity index (χ0n) is 11.0. The van der Waals surface area contributed by atoms with E-state index in [1.165, 1.54) is 38.5 Å². The molecule has 18 heavy (non-hydrogen) atoms. The van der Waals surface area contributed by atoms with Gasteiger partial charge in [-0.15, -0.1) is 0 Å². The molecule has 0 aliphatic heterocycles. The predicted octanol–water partition coefficient (Wildman–Crippen LogP) is 5.77. The molecule has 0 saturated heterocycles. The second-order valence-corrected chi connectivity index (χ2v) is 5.29. The van der Waals surface area contributed by atoms with Crippen LogP contribution >= 0.6 is 23.2 Å². The lowest BCUT2D eigenvalue weighted by Gasteiger charge is -1.99. The summed E-state index contributed by atoms with van der Waals surface area (Å²) in [6, 6.07) is 5.57. The van der Waals surface area contributed by atoms with Crippen LogP contribution in [0.25, 0.3) is 0 Å². The van der Waals surface area contributed by atoms with E-state index in [4.69, 9.17) is 23.2 Å². The van der Waals surface area contributed by atoms with Gasteiger partial charge in [0.1, 0.15) is 0 Å². The maximum Gasteiger partial charge on any atom is 0.0598 e. The van der Waals surface area contributed by atoms with Crippen molar-refractivity contribution in [2.75, 3.05) is 6.54 Å². The molecule has 0 saturated carbocycles. The van der Waals surface area contributed by atoms with Crippen molar-refractivity contribution >= 4 is 29.4 Å². The third kappa shape index (κ3) is 6.42. The van der Waals surface area contributed by atoms with Crippen molar-refractivity contribution in [3.05, 3.63) is 33.8 Å². The molecular weight excluding hydrogens is 265 g/mol. The molecule has 0 bridgehead atoms. The molecule has 1 nitrogen and oxygen atoms in total. The number of nitrogens with zero attached hydrogens (tertiary/aromatic N) is 1. The molecule has 0 radical (unpaired) electrons. The van der Waals surface area contributed by atoms with Crippen LogP contribution in [0.1, 0.15) is 51.0 Å². The number of aliphatic imine (C=N–C) groups is 1. The number of benzene rings is 1. The summed E-state index contributed by atoms with van der Waals surface area (Å²) in [5, 5.41) is 1.17. The minimum atomic E-state index is 0.584. The van der Waals surface area contributed by atoms with E-state index in [1.54, 1.807) is 6.07 Å². The minimum absolute atomic E-state index is 0.584. The fourth-order valence-corrected chi connectivity index (χ4v) is 2.05. The molecule has 0 aromatic heterocycles. The molecule has 0 aliphatic rings. The van der Waals surface area contributed by atoms with E-state index in [9.17, 15) is 0 Å². The molecule has 1 aromatic carbocycles. The van der Waals surface area contributed by atoms with Crippen LogP contribution in [-0.2, 0) is 0 Å². The highest BCUT2D eigenvalue weighted by atomic mass is 35.5. The van der Waals surface area contributed by atoms with Crippen LogP contribution in [0.5, 0.6) is 0 Å². The Balaban J connectivity index is 2.18. The van der Waals surface area contributed by atoms with Crippen molar-refractivity contribution in [3.63, 3.8) is 0 Å². The first kappa shape index (κ1) is 15.5. The van der Waals surface area contributed by atoms with Crippen molar-refractivity contribution in [1.29, 1.82) is 0 Å². The van der Waals surface area contributed by atoms with Crippen LogP contribution < -0.4 is 0 Å². The first-order valence-corrected chi connectivity index (χ1v) is 7.44. The van der Waals surface area contributed by atoms with Gasteiger partial charge in [0, 0.05) is 12.8 Å². The lowest BCUT2D eigenvalue weighted by atomic mass is 10.1. The van der Waals surface area contributed by atoms with Crippen molar-refractivity contribution in [1.82, 2.24) is 0 Å². The zero-order chi connectivity index (χ0) is 13.2. The fourth-order valence-electron chi connectivity index (χ4n) is 1.75. The van der Waals surface area contributed by atoms with Crippen LogP contribution in [0.4, 0.5) is 0 Å². The number of hydrogen-bond acceptors (Lipinski definition) is 1.